The van der Waals surface area contributed by atoms with E-state index >= 15 is 0 Å². The summed E-state index contributed by atoms with van der Waals surface area (Å²) >= 11 is 0. The Balaban J connectivity index is 2.17. The van der Waals surface area contributed by atoms with E-state index in [1.54, 1.807) is 0 Å². The summed E-state index contributed by atoms with van der Waals surface area (Å²) in [6.45, 7) is 8.45. The highest BCUT2D eigenvalue weighted by Crippen LogP contribution is 2.26. The number of aromatic nitrogens is 1. The molecule has 0 aliphatic rings. The number of aliphatic carboxylic acids is 1. The molecule has 0 aliphatic carbocycles. The molecule has 2 atom stereocenters. The predicted octanol–water partition coefficient (Wildman–Crippen LogP) is 4.11. The van der Waals surface area contributed by atoms with Gasteiger partial charge in [-0.05, 0) is 42.9 Å². The molecule has 0 fully saturated rings. The highest BCUT2D eigenvalue weighted by atomic mass is 16.4. The molecule has 126 valence electrons. The van der Waals surface area contributed by atoms with Crippen molar-refractivity contribution in [2.75, 3.05) is 0 Å². The number of carbonyl (C=O) groups is 1. The molecule has 0 bridgehead atoms. The van der Waals surface area contributed by atoms with Gasteiger partial charge in [0.1, 0.15) is 6.04 Å². The van der Waals surface area contributed by atoms with Crippen molar-refractivity contribution >= 4 is 16.9 Å². The Labute approximate surface area is 138 Å². The van der Waals surface area contributed by atoms with Gasteiger partial charge in [-0.25, -0.2) is 0 Å². The zero-order valence-corrected chi connectivity index (χ0v) is 14.8. The molecule has 2 rings (SSSR count). The van der Waals surface area contributed by atoms with E-state index in [1.165, 1.54) is 5.39 Å². The molecule has 4 heteroatoms. The van der Waals surface area contributed by atoms with Crippen LogP contribution in [0.5, 0.6) is 0 Å². The van der Waals surface area contributed by atoms with Crippen LogP contribution >= 0.6 is 0 Å². The lowest BCUT2D eigenvalue weighted by Crippen LogP contribution is -2.39. The topological polar surface area (TPSA) is 54.3 Å². The van der Waals surface area contributed by atoms with Crippen molar-refractivity contribution in [2.45, 2.75) is 52.6 Å². The van der Waals surface area contributed by atoms with Gasteiger partial charge < -0.3 is 9.67 Å². The van der Waals surface area contributed by atoms with Crippen molar-refractivity contribution in [1.29, 1.82) is 0 Å². The highest BCUT2D eigenvalue weighted by Gasteiger charge is 2.23. The van der Waals surface area contributed by atoms with Gasteiger partial charge in [0.05, 0.1) is 0 Å². The average molecular weight is 316 g/mol. The third-order valence-electron chi connectivity index (χ3n) is 4.36. The maximum Gasteiger partial charge on any atom is 0.320 e. The van der Waals surface area contributed by atoms with Crippen LogP contribution in [-0.4, -0.2) is 21.7 Å². The average Bonchev–Trinajstić information content (AvgIpc) is 2.83. The second-order valence-electron chi connectivity index (χ2n) is 7.59. The van der Waals surface area contributed by atoms with Crippen LogP contribution < -0.4 is 5.32 Å². The fraction of sp³-hybridized carbons (Fsp3) is 0.526. The van der Waals surface area contributed by atoms with Crippen molar-refractivity contribution < 1.29 is 9.90 Å². The summed E-state index contributed by atoms with van der Waals surface area (Å²) in [4.78, 5) is 11.6. The van der Waals surface area contributed by atoms with Crippen LogP contribution in [0.1, 0.15) is 52.1 Å². The van der Waals surface area contributed by atoms with Gasteiger partial charge in [0.15, 0.2) is 0 Å². The first-order valence-corrected chi connectivity index (χ1v) is 8.22. The molecule has 0 unspecified atom stereocenters. The van der Waals surface area contributed by atoms with Crippen LogP contribution in [0.25, 0.3) is 10.9 Å². The number of carboxylic acids is 1. The van der Waals surface area contributed by atoms with Gasteiger partial charge in [0.2, 0.25) is 0 Å². The van der Waals surface area contributed by atoms with Gasteiger partial charge in [0.25, 0.3) is 0 Å². The molecule has 0 saturated carbocycles. The van der Waals surface area contributed by atoms with E-state index < -0.39 is 12.0 Å². The van der Waals surface area contributed by atoms with Gasteiger partial charge in [0, 0.05) is 30.2 Å². The van der Waals surface area contributed by atoms with E-state index in [-0.39, 0.29) is 11.5 Å². The maximum atomic E-state index is 11.6. The number of carboxylic acid groups (broad SMARTS) is 1. The third-order valence-corrected chi connectivity index (χ3v) is 4.36. The quantitative estimate of drug-likeness (QED) is 0.843. The first-order valence-electron chi connectivity index (χ1n) is 8.22. The van der Waals surface area contributed by atoms with Gasteiger partial charge in [-0.3, -0.25) is 10.1 Å². The summed E-state index contributed by atoms with van der Waals surface area (Å²) in [5.41, 5.74) is 2.45. The minimum atomic E-state index is -0.777. The second kappa shape index (κ2) is 6.75. The normalized spacial score (nSPS) is 14.8. The first-order chi connectivity index (χ1) is 10.7. The Hall–Kier alpha value is -1.81. The summed E-state index contributed by atoms with van der Waals surface area (Å²) in [5, 5.41) is 14.0. The summed E-state index contributed by atoms with van der Waals surface area (Å²) < 4.78 is 2.08. The molecular formula is C19H28N2O2. The number of aryl methyl sites for hydroxylation is 1. The largest absolute Gasteiger partial charge is 0.480 e. The van der Waals surface area contributed by atoms with Crippen molar-refractivity contribution in [3.05, 3.63) is 36.0 Å². The third kappa shape index (κ3) is 4.35. The lowest BCUT2D eigenvalue weighted by molar-refractivity contribution is -0.140. The molecule has 0 spiro atoms. The summed E-state index contributed by atoms with van der Waals surface area (Å²) in [6.07, 6.45) is 3.54. The number of nitrogens with one attached hydrogen (secondary N) is 1. The van der Waals surface area contributed by atoms with E-state index in [9.17, 15) is 9.90 Å². The SMILES string of the molecule is C[C@@H](N[C@@H](CCC(C)(C)C)C(=O)O)c1cccc2c1ccn2C. The highest BCUT2D eigenvalue weighted by molar-refractivity contribution is 5.84. The zero-order chi connectivity index (χ0) is 17.2. The summed E-state index contributed by atoms with van der Waals surface area (Å²) in [7, 11) is 2.02. The van der Waals surface area contributed by atoms with Crippen LogP contribution in [-0.2, 0) is 11.8 Å². The molecular weight excluding hydrogens is 288 g/mol. The monoisotopic (exact) mass is 316 g/mol. The molecule has 23 heavy (non-hydrogen) atoms. The first kappa shape index (κ1) is 17.5. The maximum absolute atomic E-state index is 11.6. The minimum Gasteiger partial charge on any atom is -0.480 e. The summed E-state index contributed by atoms with van der Waals surface area (Å²) in [6, 6.07) is 7.74. The van der Waals surface area contributed by atoms with Gasteiger partial charge >= 0.3 is 5.97 Å². The number of rotatable bonds is 6. The van der Waals surface area contributed by atoms with Crippen molar-refractivity contribution in [2.24, 2.45) is 12.5 Å². The molecule has 2 N–H and O–H groups in total. The van der Waals surface area contributed by atoms with E-state index in [1.807, 2.05) is 26.2 Å². The summed E-state index contributed by atoms with van der Waals surface area (Å²) in [5.74, 6) is -0.777. The number of hydrogen-bond donors (Lipinski definition) is 2. The molecule has 0 aliphatic heterocycles. The van der Waals surface area contributed by atoms with Crippen LogP contribution in [0.3, 0.4) is 0 Å². The second-order valence-corrected chi connectivity index (χ2v) is 7.59. The van der Waals surface area contributed by atoms with E-state index in [2.05, 4.69) is 48.9 Å². The Morgan fingerprint density at radius 2 is 2.00 bits per heavy atom. The molecule has 1 aromatic heterocycles. The molecule has 4 nitrogen and oxygen atoms in total. The number of nitrogens with zero attached hydrogens (tertiary/aromatic N) is 1. The zero-order valence-electron chi connectivity index (χ0n) is 14.8. The molecule has 2 aromatic rings. The fourth-order valence-electron chi connectivity index (χ4n) is 2.95. The molecule has 0 saturated heterocycles. The predicted molar refractivity (Wildman–Crippen MR) is 94.6 cm³/mol. The van der Waals surface area contributed by atoms with E-state index in [0.29, 0.717) is 6.42 Å². The van der Waals surface area contributed by atoms with Gasteiger partial charge in [-0.2, -0.15) is 0 Å². The van der Waals surface area contributed by atoms with Crippen LogP contribution in [0.4, 0.5) is 0 Å². The standard InChI is InChI=1S/C19H28N2O2/c1-13(20-16(18(22)23)9-11-19(2,3)4)14-7-6-8-17-15(14)10-12-21(17)5/h6-8,10,12-13,16,20H,9,11H2,1-5H3,(H,22,23)/t13-,16+/m1/s1. The number of benzene rings is 1. The molecule has 0 amide bonds. The van der Waals surface area contributed by atoms with Crippen LogP contribution in [0.15, 0.2) is 30.5 Å². The van der Waals surface area contributed by atoms with Crippen LogP contribution in [0, 0.1) is 5.41 Å². The van der Waals surface area contributed by atoms with Crippen LogP contribution in [0.2, 0.25) is 0 Å². The molecule has 1 aromatic carbocycles. The van der Waals surface area contributed by atoms with E-state index in [4.69, 9.17) is 0 Å². The van der Waals surface area contributed by atoms with Gasteiger partial charge in [-0.15, -0.1) is 0 Å². The Bertz CT molecular complexity index is 682. The van der Waals surface area contributed by atoms with Crippen molar-refractivity contribution in [1.82, 2.24) is 9.88 Å². The van der Waals surface area contributed by atoms with Gasteiger partial charge in [-0.1, -0.05) is 32.9 Å². The Morgan fingerprint density at radius 3 is 2.61 bits per heavy atom. The van der Waals surface area contributed by atoms with Crippen molar-refractivity contribution in [3.8, 4) is 0 Å². The van der Waals surface area contributed by atoms with Crippen molar-refractivity contribution in [3.63, 3.8) is 0 Å². The number of hydrogen-bond acceptors (Lipinski definition) is 2. The molecule has 1 heterocycles. The van der Waals surface area contributed by atoms with E-state index in [0.717, 1.165) is 17.5 Å². The lowest BCUT2D eigenvalue weighted by Gasteiger charge is -2.25. The minimum absolute atomic E-state index is 0.0119. The smallest absolute Gasteiger partial charge is 0.320 e. The lowest BCUT2D eigenvalue weighted by atomic mass is 9.88. The molecule has 0 radical (unpaired) electrons. The Kier molecular flexibility index (Phi) is 5.15. The fourth-order valence-corrected chi connectivity index (χ4v) is 2.95. The number of fused-ring (bicyclic) bond motifs is 1. The Morgan fingerprint density at radius 1 is 1.30 bits per heavy atom.